The van der Waals surface area contributed by atoms with Crippen molar-refractivity contribution in [3.05, 3.63) is 53.3 Å². The molecule has 0 saturated heterocycles. The maximum atomic E-state index is 10.7. The molecule has 2 rings (SSSR count). The maximum Gasteiger partial charge on any atom is 0.166 e. The van der Waals surface area contributed by atoms with E-state index in [0.717, 1.165) is 25.0 Å². The van der Waals surface area contributed by atoms with Crippen molar-refractivity contribution < 1.29 is 9.53 Å². The van der Waals surface area contributed by atoms with Gasteiger partial charge in [-0.2, -0.15) is 0 Å². The number of hydrogen-bond acceptors (Lipinski definition) is 2. The van der Waals surface area contributed by atoms with E-state index in [1.807, 2.05) is 29.0 Å². The van der Waals surface area contributed by atoms with Crippen molar-refractivity contribution in [2.24, 2.45) is 0 Å². The Morgan fingerprint density at radius 1 is 1.22 bits per heavy atom. The molecule has 0 spiro atoms. The predicted molar refractivity (Wildman–Crippen MR) is 71.4 cm³/mol. The second kappa shape index (κ2) is 6.26. The molecule has 0 aliphatic heterocycles. The van der Waals surface area contributed by atoms with E-state index in [2.05, 4.69) is 0 Å². The van der Waals surface area contributed by atoms with Crippen LogP contribution in [0.25, 0.3) is 0 Å². The summed E-state index contributed by atoms with van der Waals surface area (Å²) < 4.78 is 7.49. The van der Waals surface area contributed by atoms with E-state index >= 15 is 0 Å². The highest BCUT2D eigenvalue weighted by Crippen LogP contribution is 2.15. The number of hydrogen-bond donors (Lipinski definition) is 0. The van der Waals surface area contributed by atoms with Crippen LogP contribution in [-0.2, 0) is 6.54 Å². The van der Waals surface area contributed by atoms with Gasteiger partial charge < -0.3 is 9.30 Å². The molecule has 1 aromatic carbocycles. The molecule has 0 saturated carbocycles. The van der Waals surface area contributed by atoms with E-state index < -0.39 is 0 Å². The van der Waals surface area contributed by atoms with E-state index in [9.17, 15) is 4.79 Å². The first-order valence-electron chi connectivity index (χ1n) is 5.78. The molecule has 0 unspecified atom stereocenters. The summed E-state index contributed by atoms with van der Waals surface area (Å²) in [6, 6.07) is 10.9. The molecule has 0 fully saturated rings. The number of aromatic nitrogens is 1. The third-order valence-corrected chi connectivity index (χ3v) is 2.86. The molecule has 0 amide bonds. The third-order valence-electron chi connectivity index (χ3n) is 2.61. The summed E-state index contributed by atoms with van der Waals surface area (Å²) in [4.78, 5) is 10.7. The van der Waals surface area contributed by atoms with Gasteiger partial charge in [0.25, 0.3) is 0 Å². The molecule has 4 heteroatoms. The van der Waals surface area contributed by atoms with Crippen LogP contribution < -0.4 is 4.74 Å². The Labute approximate surface area is 111 Å². The van der Waals surface area contributed by atoms with Crippen LogP contribution in [0.4, 0.5) is 0 Å². The van der Waals surface area contributed by atoms with E-state index in [-0.39, 0.29) is 0 Å². The molecule has 1 aromatic heterocycles. The van der Waals surface area contributed by atoms with Crippen LogP contribution in [-0.4, -0.2) is 17.5 Å². The van der Waals surface area contributed by atoms with Crippen molar-refractivity contribution in [1.82, 2.24) is 4.57 Å². The molecule has 0 atom stereocenters. The number of rotatable bonds is 6. The van der Waals surface area contributed by atoms with Crippen LogP contribution in [0.15, 0.2) is 42.6 Å². The zero-order chi connectivity index (χ0) is 12.8. The van der Waals surface area contributed by atoms with Crippen molar-refractivity contribution >= 4 is 17.9 Å². The fourth-order valence-electron chi connectivity index (χ4n) is 1.69. The molecule has 94 valence electrons. The minimum atomic E-state index is 0.609. The second-order valence-corrected chi connectivity index (χ2v) is 4.34. The normalized spacial score (nSPS) is 10.3. The molecule has 2 aromatic rings. The van der Waals surface area contributed by atoms with Gasteiger partial charge in [-0.05, 0) is 42.8 Å². The molecule has 0 bridgehead atoms. The van der Waals surface area contributed by atoms with E-state index in [4.69, 9.17) is 16.3 Å². The van der Waals surface area contributed by atoms with Gasteiger partial charge in [0.05, 0.1) is 12.3 Å². The first kappa shape index (κ1) is 12.7. The van der Waals surface area contributed by atoms with Crippen molar-refractivity contribution in [1.29, 1.82) is 0 Å². The monoisotopic (exact) mass is 263 g/mol. The Morgan fingerprint density at radius 2 is 2.00 bits per heavy atom. The van der Waals surface area contributed by atoms with Crippen LogP contribution in [0.5, 0.6) is 5.75 Å². The lowest BCUT2D eigenvalue weighted by molar-refractivity contribution is 0.111. The number of benzene rings is 1. The second-order valence-electron chi connectivity index (χ2n) is 3.90. The fraction of sp³-hybridized carbons (Fsp3) is 0.214. The number of carbonyl (C=O) groups is 1. The standard InChI is InChI=1S/C14H14ClNO2/c15-12-4-6-14(7-5-12)18-10-2-9-16-8-1-3-13(16)11-17/h1,3-8,11H,2,9-10H2. The molecule has 1 heterocycles. The van der Waals surface area contributed by atoms with Gasteiger partial charge in [-0.15, -0.1) is 0 Å². The zero-order valence-corrected chi connectivity index (χ0v) is 10.6. The lowest BCUT2D eigenvalue weighted by Gasteiger charge is -2.07. The average Bonchev–Trinajstić information content (AvgIpc) is 2.84. The Morgan fingerprint density at radius 3 is 2.72 bits per heavy atom. The molecular weight excluding hydrogens is 250 g/mol. The first-order valence-corrected chi connectivity index (χ1v) is 6.16. The maximum absolute atomic E-state index is 10.7. The van der Waals surface area contributed by atoms with Crippen LogP contribution >= 0.6 is 11.6 Å². The van der Waals surface area contributed by atoms with Crippen LogP contribution in [0, 0.1) is 0 Å². The summed E-state index contributed by atoms with van der Waals surface area (Å²) in [6.45, 7) is 1.38. The summed E-state index contributed by atoms with van der Waals surface area (Å²) in [5, 5.41) is 0.699. The van der Waals surface area contributed by atoms with Gasteiger partial charge >= 0.3 is 0 Å². The Hall–Kier alpha value is -1.74. The molecular formula is C14H14ClNO2. The minimum absolute atomic E-state index is 0.609. The number of aldehydes is 1. The number of halogens is 1. The molecule has 0 N–H and O–H groups in total. The largest absolute Gasteiger partial charge is 0.494 e. The van der Waals surface area contributed by atoms with E-state index in [1.54, 1.807) is 18.2 Å². The van der Waals surface area contributed by atoms with Crippen LogP contribution in [0.2, 0.25) is 5.02 Å². The van der Waals surface area contributed by atoms with Crippen molar-refractivity contribution in [3.63, 3.8) is 0 Å². The van der Waals surface area contributed by atoms with E-state index in [1.165, 1.54) is 0 Å². The number of aryl methyl sites for hydroxylation is 1. The highest BCUT2D eigenvalue weighted by molar-refractivity contribution is 6.30. The minimum Gasteiger partial charge on any atom is -0.494 e. The number of ether oxygens (including phenoxy) is 1. The summed E-state index contributed by atoms with van der Waals surface area (Å²) in [6.07, 6.45) is 3.60. The Kier molecular flexibility index (Phi) is 4.42. The van der Waals surface area contributed by atoms with Gasteiger partial charge in [-0.3, -0.25) is 4.79 Å². The van der Waals surface area contributed by atoms with Crippen molar-refractivity contribution in [3.8, 4) is 5.75 Å². The first-order chi connectivity index (χ1) is 8.79. The smallest absolute Gasteiger partial charge is 0.166 e. The highest BCUT2D eigenvalue weighted by atomic mass is 35.5. The van der Waals surface area contributed by atoms with Gasteiger partial charge in [0, 0.05) is 17.8 Å². The molecule has 18 heavy (non-hydrogen) atoms. The fourth-order valence-corrected chi connectivity index (χ4v) is 1.82. The summed E-state index contributed by atoms with van der Waals surface area (Å²) in [5.41, 5.74) is 0.696. The molecule has 3 nitrogen and oxygen atoms in total. The lowest BCUT2D eigenvalue weighted by Crippen LogP contribution is -2.06. The Balaban J connectivity index is 1.76. The lowest BCUT2D eigenvalue weighted by atomic mass is 10.3. The van der Waals surface area contributed by atoms with Crippen LogP contribution in [0.1, 0.15) is 16.9 Å². The predicted octanol–water partition coefficient (Wildman–Crippen LogP) is 3.42. The zero-order valence-electron chi connectivity index (χ0n) is 9.88. The summed E-state index contributed by atoms with van der Waals surface area (Å²) in [5.74, 6) is 0.808. The van der Waals surface area contributed by atoms with Gasteiger partial charge in [0.1, 0.15) is 5.75 Å². The van der Waals surface area contributed by atoms with Gasteiger partial charge in [-0.25, -0.2) is 0 Å². The van der Waals surface area contributed by atoms with Gasteiger partial charge in [0.2, 0.25) is 0 Å². The number of carbonyl (C=O) groups excluding carboxylic acids is 1. The van der Waals surface area contributed by atoms with E-state index in [0.29, 0.717) is 17.3 Å². The highest BCUT2D eigenvalue weighted by Gasteiger charge is 1.99. The topological polar surface area (TPSA) is 31.2 Å². The third kappa shape index (κ3) is 3.37. The SMILES string of the molecule is O=Cc1cccn1CCCOc1ccc(Cl)cc1. The quantitative estimate of drug-likeness (QED) is 0.591. The molecule has 0 aliphatic carbocycles. The Bertz CT molecular complexity index is 505. The van der Waals surface area contributed by atoms with Crippen molar-refractivity contribution in [2.75, 3.05) is 6.61 Å². The summed E-state index contributed by atoms with van der Waals surface area (Å²) >= 11 is 5.78. The molecule has 0 aliphatic rings. The molecule has 0 radical (unpaired) electrons. The van der Waals surface area contributed by atoms with Gasteiger partial charge in [-0.1, -0.05) is 11.6 Å². The van der Waals surface area contributed by atoms with Crippen LogP contribution in [0.3, 0.4) is 0 Å². The van der Waals surface area contributed by atoms with Gasteiger partial charge in [0.15, 0.2) is 6.29 Å². The average molecular weight is 264 g/mol. The van der Waals surface area contributed by atoms with Crippen molar-refractivity contribution in [2.45, 2.75) is 13.0 Å². The summed E-state index contributed by atoms with van der Waals surface area (Å²) in [7, 11) is 0. The number of nitrogens with zero attached hydrogens (tertiary/aromatic N) is 1.